The Kier molecular flexibility index (Phi) is 6.36. The number of nitrogens with zero attached hydrogens (tertiary/aromatic N) is 2. The van der Waals surface area contributed by atoms with Crippen molar-refractivity contribution in [1.29, 1.82) is 0 Å². The average Bonchev–Trinajstić information content (AvgIpc) is 2.61. The van der Waals surface area contributed by atoms with Crippen LogP contribution >= 0.6 is 0 Å². The molecule has 8 nitrogen and oxygen atoms in total. The molecule has 0 atom stereocenters. The van der Waals surface area contributed by atoms with Gasteiger partial charge in [0, 0.05) is 57.9 Å². The minimum absolute atomic E-state index is 0.000635. The van der Waals surface area contributed by atoms with Gasteiger partial charge in [0.25, 0.3) is 5.91 Å². The molecular formula is C17H23N3O5S. The number of piperazine rings is 1. The smallest absolute Gasteiger partial charge is 0.251 e. The van der Waals surface area contributed by atoms with E-state index in [1.165, 1.54) is 31.2 Å². The first kappa shape index (κ1) is 19.9. The Morgan fingerprint density at radius 2 is 1.69 bits per heavy atom. The van der Waals surface area contributed by atoms with E-state index in [1.54, 1.807) is 9.80 Å². The van der Waals surface area contributed by atoms with Crippen LogP contribution in [0, 0.1) is 0 Å². The molecule has 1 aromatic rings. The van der Waals surface area contributed by atoms with Gasteiger partial charge in [-0.25, -0.2) is 8.42 Å². The van der Waals surface area contributed by atoms with Crippen molar-refractivity contribution < 1.29 is 22.8 Å². The van der Waals surface area contributed by atoms with E-state index >= 15 is 0 Å². The lowest BCUT2D eigenvalue weighted by Crippen LogP contribution is -2.50. The van der Waals surface area contributed by atoms with Gasteiger partial charge in [-0.15, -0.1) is 0 Å². The van der Waals surface area contributed by atoms with Crippen molar-refractivity contribution >= 4 is 27.6 Å². The summed E-state index contributed by atoms with van der Waals surface area (Å²) in [6, 6.07) is 5.77. The van der Waals surface area contributed by atoms with Crippen molar-refractivity contribution in [2.75, 3.05) is 39.0 Å². The summed E-state index contributed by atoms with van der Waals surface area (Å²) in [5, 5.41) is 2.63. The molecule has 0 radical (unpaired) electrons. The summed E-state index contributed by atoms with van der Waals surface area (Å²) in [6.07, 6.45) is 1.23. The molecule has 0 saturated carbocycles. The zero-order valence-electron chi connectivity index (χ0n) is 14.9. The number of nitrogens with one attached hydrogen (secondary N) is 1. The van der Waals surface area contributed by atoms with Crippen molar-refractivity contribution in [2.24, 2.45) is 0 Å². The number of hydrogen-bond donors (Lipinski definition) is 1. The molecule has 0 spiro atoms. The van der Waals surface area contributed by atoms with Crippen LogP contribution in [0.4, 0.5) is 0 Å². The summed E-state index contributed by atoms with van der Waals surface area (Å²) in [7, 11) is -3.39. The molecule has 1 fully saturated rings. The van der Waals surface area contributed by atoms with Gasteiger partial charge in [-0.05, 0) is 18.2 Å². The Labute approximate surface area is 153 Å². The molecule has 1 aliphatic rings. The average molecular weight is 381 g/mol. The Morgan fingerprint density at radius 3 is 2.27 bits per heavy atom. The van der Waals surface area contributed by atoms with Crippen LogP contribution in [0.15, 0.2) is 29.2 Å². The maximum absolute atomic E-state index is 12.2. The van der Waals surface area contributed by atoms with Crippen molar-refractivity contribution in [1.82, 2.24) is 15.1 Å². The summed E-state index contributed by atoms with van der Waals surface area (Å²) in [6.45, 7) is 3.68. The van der Waals surface area contributed by atoms with Crippen molar-refractivity contribution in [3.8, 4) is 0 Å². The molecule has 0 bridgehead atoms. The van der Waals surface area contributed by atoms with Crippen LogP contribution in [0.5, 0.6) is 0 Å². The predicted molar refractivity (Wildman–Crippen MR) is 95.3 cm³/mol. The van der Waals surface area contributed by atoms with Gasteiger partial charge in [0.1, 0.15) is 0 Å². The van der Waals surface area contributed by atoms with Crippen LogP contribution < -0.4 is 5.32 Å². The molecule has 142 valence electrons. The van der Waals surface area contributed by atoms with Gasteiger partial charge in [0.2, 0.25) is 11.8 Å². The first-order chi connectivity index (χ1) is 12.2. The fourth-order valence-electron chi connectivity index (χ4n) is 2.68. The highest BCUT2D eigenvalue weighted by atomic mass is 32.2. The first-order valence-electron chi connectivity index (χ1n) is 8.30. The quantitative estimate of drug-likeness (QED) is 0.767. The molecule has 1 heterocycles. The van der Waals surface area contributed by atoms with Crippen LogP contribution in [-0.2, 0) is 19.4 Å². The zero-order valence-corrected chi connectivity index (χ0v) is 15.7. The number of carbonyl (C=O) groups excluding carboxylic acids is 3. The van der Waals surface area contributed by atoms with E-state index in [9.17, 15) is 22.8 Å². The largest absolute Gasteiger partial charge is 0.352 e. The van der Waals surface area contributed by atoms with Crippen LogP contribution in [0.25, 0.3) is 0 Å². The van der Waals surface area contributed by atoms with Gasteiger partial charge >= 0.3 is 0 Å². The third-order valence-electron chi connectivity index (χ3n) is 4.23. The molecule has 9 heteroatoms. The maximum atomic E-state index is 12.2. The van der Waals surface area contributed by atoms with E-state index < -0.39 is 15.7 Å². The Morgan fingerprint density at radius 1 is 1.08 bits per heavy atom. The van der Waals surface area contributed by atoms with E-state index in [4.69, 9.17) is 0 Å². The third kappa shape index (κ3) is 5.29. The lowest BCUT2D eigenvalue weighted by molar-refractivity contribution is -0.138. The Balaban J connectivity index is 1.82. The second-order valence-corrected chi connectivity index (χ2v) is 8.21. The highest BCUT2D eigenvalue weighted by Crippen LogP contribution is 2.11. The number of benzene rings is 1. The third-order valence-corrected chi connectivity index (χ3v) is 5.34. The van der Waals surface area contributed by atoms with Crippen molar-refractivity contribution in [3.63, 3.8) is 0 Å². The first-order valence-corrected chi connectivity index (χ1v) is 10.2. The lowest BCUT2D eigenvalue weighted by Gasteiger charge is -2.34. The van der Waals surface area contributed by atoms with Crippen molar-refractivity contribution in [3.05, 3.63) is 29.8 Å². The number of hydrogen-bond acceptors (Lipinski definition) is 5. The van der Waals surface area contributed by atoms with Crippen LogP contribution in [0.3, 0.4) is 0 Å². The lowest BCUT2D eigenvalue weighted by atomic mass is 10.2. The monoisotopic (exact) mass is 381 g/mol. The molecule has 0 aromatic heterocycles. The minimum atomic E-state index is -3.39. The Bertz CT molecular complexity index is 798. The highest BCUT2D eigenvalue weighted by molar-refractivity contribution is 7.90. The van der Waals surface area contributed by atoms with Crippen molar-refractivity contribution in [2.45, 2.75) is 18.2 Å². The fraction of sp³-hybridized carbons (Fsp3) is 0.471. The summed E-state index contributed by atoms with van der Waals surface area (Å²) < 4.78 is 23.1. The number of rotatable bonds is 5. The molecule has 0 unspecified atom stereocenters. The van der Waals surface area contributed by atoms with Gasteiger partial charge < -0.3 is 15.1 Å². The molecule has 1 aromatic carbocycles. The SMILES string of the molecule is CC(=O)N1CCN(C(=O)CCNC(=O)c2cccc(S(C)(=O)=O)c2)CC1. The number of sulfone groups is 1. The molecule has 26 heavy (non-hydrogen) atoms. The molecule has 2 rings (SSSR count). The van der Waals surface area contributed by atoms with Gasteiger partial charge in [0.05, 0.1) is 4.90 Å². The van der Waals surface area contributed by atoms with Crippen LogP contribution in [-0.4, -0.2) is 74.9 Å². The Hall–Kier alpha value is -2.42. The fourth-order valence-corrected chi connectivity index (χ4v) is 3.35. The predicted octanol–water partition coefficient (Wildman–Crippen LogP) is -0.0993. The minimum Gasteiger partial charge on any atom is -0.352 e. The second kappa shape index (κ2) is 8.31. The molecule has 3 amide bonds. The van der Waals surface area contributed by atoms with E-state index in [-0.39, 0.29) is 35.2 Å². The number of amides is 3. The normalized spacial score (nSPS) is 14.8. The van der Waals surface area contributed by atoms with E-state index in [2.05, 4.69) is 5.32 Å². The van der Waals surface area contributed by atoms with E-state index in [0.717, 1.165) is 6.26 Å². The maximum Gasteiger partial charge on any atom is 0.251 e. The molecule has 1 saturated heterocycles. The van der Waals surface area contributed by atoms with Crippen LogP contribution in [0.2, 0.25) is 0 Å². The molecule has 1 aliphatic heterocycles. The van der Waals surface area contributed by atoms with E-state index in [0.29, 0.717) is 26.2 Å². The van der Waals surface area contributed by atoms with Gasteiger partial charge in [-0.1, -0.05) is 6.07 Å². The second-order valence-electron chi connectivity index (χ2n) is 6.19. The highest BCUT2D eigenvalue weighted by Gasteiger charge is 2.22. The summed E-state index contributed by atoms with van der Waals surface area (Å²) in [4.78, 5) is 39.0. The van der Waals surface area contributed by atoms with Gasteiger partial charge in [-0.2, -0.15) is 0 Å². The zero-order chi connectivity index (χ0) is 19.3. The summed E-state index contributed by atoms with van der Waals surface area (Å²) in [5.41, 5.74) is 0.232. The summed E-state index contributed by atoms with van der Waals surface area (Å²) in [5.74, 6) is -0.510. The van der Waals surface area contributed by atoms with Crippen LogP contribution in [0.1, 0.15) is 23.7 Å². The molecular weight excluding hydrogens is 358 g/mol. The van der Waals surface area contributed by atoms with E-state index in [1.807, 2.05) is 0 Å². The summed E-state index contributed by atoms with van der Waals surface area (Å²) >= 11 is 0. The van der Waals surface area contributed by atoms with Gasteiger partial charge in [-0.3, -0.25) is 14.4 Å². The number of carbonyl (C=O) groups is 3. The topological polar surface area (TPSA) is 104 Å². The molecule has 1 N–H and O–H groups in total. The molecule has 0 aliphatic carbocycles. The van der Waals surface area contributed by atoms with Gasteiger partial charge in [0.15, 0.2) is 9.84 Å². The standard InChI is InChI=1S/C17H23N3O5S/c1-13(21)19-8-10-20(11-9-19)16(22)6-7-18-17(23)14-4-3-5-15(12-14)26(2,24)25/h3-5,12H,6-11H2,1-2H3,(H,18,23).